The molecule has 1 aliphatic rings. The maximum absolute atomic E-state index is 11.1. The number of carboxylic acid groups (broad SMARTS) is 1. The minimum atomic E-state index is -0.732. The van der Waals surface area contributed by atoms with Crippen molar-refractivity contribution in [1.82, 2.24) is 9.97 Å². The second-order valence-corrected chi connectivity index (χ2v) is 6.70. The van der Waals surface area contributed by atoms with Gasteiger partial charge in [-0.05, 0) is 11.0 Å². The van der Waals surface area contributed by atoms with Crippen LogP contribution in [-0.2, 0) is 10.2 Å². The van der Waals surface area contributed by atoms with Crippen LogP contribution in [0.15, 0.2) is 12.4 Å². The van der Waals surface area contributed by atoms with Crippen LogP contribution in [0.2, 0.25) is 0 Å². The van der Waals surface area contributed by atoms with Gasteiger partial charge in [0.2, 0.25) is 0 Å². The maximum Gasteiger partial charge on any atom is 0.307 e. The van der Waals surface area contributed by atoms with E-state index >= 15 is 0 Å². The van der Waals surface area contributed by atoms with Gasteiger partial charge in [0.1, 0.15) is 5.82 Å². The van der Waals surface area contributed by atoms with Crippen molar-refractivity contribution in [2.75, 3.05) is 0 Å². The first-order valence-electron chi connectivity index (χ1n) is 6.21. The summed E-state index contributed by atoms with van der Waals surface area (Å²) in [7, 11) is 0. The highest BCUT2D eigenvalue weighted by Gasteiger charge is 2.62. The van der Waals surface area contributed by atoms with E-state index < -0.39 is 5.97 Å². The number of rotatable bonds is 2. The molecule has 0 amide bonds. The molecule has 2 unspecified atom stereocenters. The average Bonchev–Trinajstić information content (AvgIpc) is 2.80. The lowest BCUT2D eigenvalue weighted by atomic mass is 9.95. The Balaban J connectivity index is 2.25. The minimum absolute atomic E-state index is 0.0315. The second-order valence-electron chi connectivity index (χ2n) is 6.70. The van der Waals surface area contributed by atoms with E-state index in [9.17, 15) is 4.79 Å². The van der Waals surface area contributed by atoms with Gasteiger partial charge in [0.05, 0.1) is 5.92 Å². The molecule has 0 saturated heterocycles. The van der Waals surface area contributed by atoms with E-state index in [2.05, 4.69) is 30.7 Å². The fourth-order valence-corrected chi connectivity index (χ4v) is 2.61. The normalized spacial score (nSPS) is 25.8. The average molecular weight is 248 g/mol. The first-order chi connectivity index (χ1) is 8.15. The van der Waals surface area contributed by atoms with Gasteiger partial charge >= 0.3 is 5.97 Å². The van der Waals surface area contributed by atoms with E-state index in [0.29, 0.717) is 0 Å². The topological polar surface area (TPSA) is 63.1 Å². The van der Waals surface area contributed by atoms with Crippen LogP contribution in [0.4, 0.5) is 0 Å². The Labute approximate surface area is 107 Å². The van der Waals surface area contributed by atoms with Crippen molar-refractivity contribution in [2.45, 2.75) is 46.0 Å². The maximum atomic E-state index is 11.1. The molecule has 4 nitrogen and oxygen atoms in total. The monoisotopic (exact) mass is 248 g/mol. The minimum Gasteiger partial charge on any atom is -0.481 e. The van der Waals surface area contributed by atoms with Crippen molar-refractivity contribution in [2.24, 2.45) is 11.3 Å². The summed E-state index contributed by atoms with van der Waals surface area (Å²) in [6.07, 6.45) is 3.56. The van der Waals surface area contributed by atoms with Gasteiger partial charge in [0.15, 0.2) is 0 Å². The number of aliphatic carboxylic acids is 1. The highest BCUT2D eigenvalue weighted by molar-refractivity contribution is 5.77. The molecule has 4 heteroatoms. The molecular weight excluding hydrogens is 228 g/mol. The highest BCUT2D eigenvalue weighted by Crippen LogP contribution is 2.64. The SMILES string of the molecule is CC(C)(C)c1ncc(C2C(C(=O)O)C2(C)C)cn1. The summed E-state index contributed by atoms with van der Waals surface area (Å²) >= 11 is 0. The smallest absolute Gasteiger partial charge is 0.307 e. The molecule has 1 aromatic heterocycles. The van der Waals surface area contributed by atoms with Gasteiger partial charge in [-0.3, -0.25) is 4.79 Å². The third-order valence-corrected chi connectivity index (χ3v) is 3.80. The molecule has 18 heavy (non-hydrogen) atoms. The van der Waals surface area contributed by atoms with E-state index in [4.69, 9.17) is 5.11 Å². The van der Waals surface area contributed by atoms with Crippen molar-refractivity contribution >= 4 is 5.97 Å². The summed E-state index contributed by atoms with van der Waals surface area (Å²) in [5.41, 5.74) is 0.655. The Morgan fingerprint density at radius 3 is 2.11 bits per heavy atom. The predicted molar refractivity (Wildman–Crippen MR) is 68.4 cm³/mol. The van der Waals surface area contributed by atoms with E-state index in [1.165, 1.54) is 0 Å². The van der Waals surface area contributed by atoms with Gasteiger partial charge in [0.25, 0.3) is 0 Å². The summed E-state index contributed by atoms with van der Waals surface area (Å²) in [5, 5.41) is 9.16. The molecule has 2 atom stereocenters. The largest absolute Gasteiger partial charge is 0.481 e. The zero-order valence-corrected chi connectivity index (χ0v) is 11.6. The number of carbonyl (C=O) groups is 1. The van der Waals surface area contributed by atoms with Crippen molar-refractivity contribution in [3.8, 4) is 0 Å². The molecule has 1 aliphatic carbocycles. The van der Waals surface area contributed by atoms with Gasteiger partial charge in [-0.2, -0.15) is 0 Å². The lowest BCUT2D eigenvalue weighted by Crippen LogP contribution is -2.15. The lowest BCUT2D eigenvalue weighted by molar-refractivity contribution is -0.139. The summed E-state index contributed by atoms with van der Waals surface area (Å²) < 4.78 is 0. The third kappa shape index (κ3) is 2.00. The summed E-state index contributed by atoms with van der Waals surface area (Å²) in [6.45, 7) is 10.1. The van der Waals surface area contributed by atoms with E-state index in [0.717, 1.165) is 11.4 Å². The standard InChI is InChI=1S/C14H20N2O2/c1-13(2,3)12-15-6-8(7-16-12)9-10(11(17)18)14(9,4)5/h6-7,9-10H,1-5H3,(H,17,18). The highest BCUT2D eigenvalue weighted by atomic mass is 16.4. The van der Waals surface area contributed by atoms with E-state index in [1.807, 2.05) is 13.8 Å². The Morgan fingerprint density at radius 1 is 1.28 bits per heavy atom. The molecule has 1 saturated carbocycles. The van der Waals surface area contributed by atoms with Gasteiger partial charge in [-0.1, -0.05) is 34.6 Å². The number of hydrogen-bond acceptors (Lipinski definition) is 3. The molecule has 1 fully saturated rings. The molecule has 0 aromatic carbocycles. The predicted octanol–water partition coefficient (Wildman–Crippen LogP) is 2.60. The van der Waals surface area contributed by atoms with Crippen LogP contribution in [0.1, 0.15) is 51.9 Å². The van der Waals surface area contributed by atoms with Crippen molar-refractivity contribution in [1.29, 1.82) is 0 Å². The zero-order valence-electron chi connectivity index (χ0n) is 11.6. The first kappa shape index (κ1) is 13.0. The Hall–Kier alpha value is -1.45. The van der Waals surface area contributed by atoms with Crippen LogP contribution in [0.3, 0.4) is 0 Å². The van der Waals surface area contributed by atoms with Crippen molar-refractivity contribution in [3.63, 3.8) is 0 Å². The lowest BCUT2D eigenvalue weighted by Gasteiger charge is -2.16. The first-order valence-corrected chi connectivity index (χ1v) is 6.21. The molecule has 1 aromatic rings. The van der Waals surface area contributed by atoms with Gasteiger partial charge < -0.3 is 5.11 Å². The van der Waals surface area contributed by atoms with Crippen molar-refractivity contribution < 1.29 is 9.90 Å². The summed E-state index contributed by atoms with van der Waals surface area (Å²) in [5.74, 6) is -0.230. The molecule has 0 bridgehead atoms. The Kier molecular flexibility index (Phi) is 2.72. The molecule has 1 N–H and O–H groups in total. The Morgan fingerprint density at radius 2 is 1.78 bits per heavy atom. The van der Waals surface area contributed by atoms with Crippen LogP contribution < -0.4 is 0 Å². The Bertz CT molecular complexity index is 472. The zero-order chi connectivity index (χ0) is 13.7. The number of hydrogen-bond donors (Lipinski definition) is 1. The molecule has 0 aliphatic heterocycles. The molecule has 2 rings (SSSR count). The quantitative estimate of drug-likeness (QED) is 0.873. The van der Waals surface area contributed by atoms with Crippen LogP contribution >= 0.6 is 0 Å². The molecule has 0 spiro atoms. The fourth-order valence-electron chi connectivity index (χ4n) is 2.61. The fraction of sp³-hybridized carbons (Fsp3) is 0.643. The summed E-state index contributed by atoms with van der Waals surface area (Å²) in [6, 6.07) is 0. The number of aromatic nitrogens is 2. The number of nitrogens with zero attached hydrogens (tertiary/aromatic N) is 2. The van der Waals surface area contributed by atoms with E-state index in [1.54, 1.807) is 12.4 Å². The molecule has 1 heterocycles. The van der Waals surface area contributed by atoms with Crippen LogP contribution in [0.25, 0.3) is 0 Å². The molecule has 98 valence electrons. The van der Waals surface area contributed by atoms with Gasteiger partial charge in [0, 0.05) is 23.7 Å². The summed E-state index contributed by atoms with van der Waals surface area (Å²) in [4.78, 5) is 19.9. The van der Waals surface area contributed by atoms with E-state index in [-0.39, 0.29) is 22.7 Å². The molecular formula is C14H20N2O2. The van der Waals surface area contributed by atoms with Crippen molar-refractivity contribution in [3.05, 3.63) is 23.8 Å². The number of carboxylic acids is 1. The van der Waals surface area contributed by atoms with Gasteiger partial charge in [-0.15, -0.1) is 0 Å². The third-order valence-electron chi connectivity index (χ3n) is 3.80. The van der Waals surface area contributed by atoms with Crippen LogP contribution in [-0.4, -0.2) is 21.0 Å². The van der Waals surface area contributed by atoms with Gasteiger partial charge in [-0.25, -0.2) is 9.97 Å². The van der Waals surface area contributed by atoms with Crippen LogP contribution in [0.5, 0.6) is 0 Å². The molecule has 0 radical (unpaired) electrons. The second kappa shape index (κ2) is 3.77. The van der Waals surface area contributed by atoms with Crippen LogP contribution in [0, 0.1) is 11.3 Å².